The average Bonchev–Trinajstić information content (AvgIpc) is 2.25. The van der Waals surface area contributed by atoms with Crippen LogP contribution in [0, 0.1) is 0 Å². The second kappa shape index (κ2) is 5.51. The molecule has 0 aliphatic carbocycles. The summed E-state index contributed by atoms with van der Waals surface area (Å²) in [5, 5.41) is 0.450. The molecule has 0 aliphatic heterocycles. The van der Waals surface area contributed by atoms with Crippen LogP contribution in [0.15, 0.2) is 24.3 Å². The number of carbonyl (C=O) groups excluding carboxylic acids is 1. The Labute approximate surface area is 101 Å². The molecule has 0 heterocycles. The van der Waals surface area contributed by atoms with E-state index in [4.69, 9.17) is 11.6 Å². The number of rotatable bonds is 4. The SMILES string of the molecule is CC(OCC(=O)c1ccc(Cl)cc1)C(F)(F)F. The highest BCUT2D eigenvalue weighted by Gasteiger charge is 2.37. The zero-order valence-corrected chi connectivity index (χ0v) is 9.68. The van der Waals surface area contributed by atoms with Crippen molar-refractivity contribution in [3.8, 4) is 0 Å². The van der Waals surface area contributed by atoms with E-state index in [0.717, 1.165) is 6.92 Å². The lowest BCUT2D eigenvalue weighted by atomic mass is 10.1. The molecule has 0 N–H and O–H groups in total. The van der Waals surface area contributed by atoms with Crippen LogP contribution in [0.2, 0.25) is 5.02 Å². The van der Waals surface area contributed by atoms with Crippen LogP contribution in [0.25, 0.3) is 0 Å². The first-order valence-electron chi connectivity index (χ1n) is 4.78. The number of alkyl halides is 3. The van der Waals surface area contributed by atoms with E-state index in [9.17, 15) is 18.0 Å². The molecule has 94 valence electrons. The molecule has 0 saturated heterocycles. The minimum absolute atomic E-state index is 0.267. The van der Waals surface area contributed by atoms with Gasteiger partial charge in [-0.3, -0.25) is 4.79 Å². The molecule has 0 saturated carbocycles. The molecule has 17 heavy (non-hydrogen) atoms. The van der Waals surface area contributed by atoms with E-state index >= 15 is 0 Å². The van der Waals surface area contributed by atoms with Crippen molar-refractivity contribution in [2.45, 2.75) is 19.2 Å². The summed E-state index contributed by atoms with van der Waals surface area (Å²) in [7, 11) is 0. The Balaban J connectivity index is 2.53. The van der Waals surface area contributed by atoms with Gasteiger partial charge in [0.25, 0.3) is 0 Å². The molecule has 1 unspecified atom stereocenters. The van der Waals surface area contributed by atoms with Crippen LogP contribution >= 0.6 is 11.6 Å². The van der Waals surface area contributed by atoms with Crippen molar-refractivity contribution in [1.82, 2.24) is 0 Å². The van der Waals surface area contributed by atoms with Crippen molar-refractivity contribution < 1.29 is 22.7 Å². The molecule has 0 amide bonds. The van der Waals surface area contributed by atoms with E-state index in [-0.39, 0.29) is 5.56 Å². The average molecular weight is 267 g/mol. The van der Waals surface area contributed by atoms with E-state index in [2.05, 4.69) is 4.74 Å². The molecule has 1 aromatic rings. The molecule has 1 aromatic carbocycles. The Morgan fingerprint density at radius 2 is 1.88 bits per heavy atom. The molecule has 1 atom stereocenters. The van der Waals surface area contributed by atoms with Gasteiger partial charge < -0.3 is 4.74 Å². The van der Waals surface area contributed by atoms with Crippen LogP contribution in [0.5, 0.6) is 0 Å². The summed E-state index contributed by atoms with van der Waals surface area (Å²) in [6.07, 6.45) is -6.42. The Hall–Kier alpha value is -1.07. The van der Waals surface area contributed by atoms with Crippen molar-refractivity contribution in [2.24, 2.45) is 0 Å². The quantitative estimate of drug-likeness (QED) is 0.780. The van der Waals surface area contributed by atoms with Gasteiger partial charge in [0.1, 0.15) is 6.61 Å². The van der Waals surface area contributed by atoms with Gasteiger partial charge in [-0.05, 0) is 31.2 Å². The molecule has 0 aromatic heterocycles. The maximum atomic E-state index is 12.1. The predicted molar refractivity (Wildman–Crippen MR) is 57.3 cm³/mol. The second-order valence-corrected chi connectivity index (χ2v) is 3.86. The number of ether oxygens (including phenoxy) is 1. The zero-order valence-electron chi connectivity index (χ0n) is 8.92. The van der Waals surface area contributed by atoms with Gasteiger partial charge in [-0.2, -0.15) is 13.2 Å². The molecular formula is C11H10ClF3O2. The summed E-state index contributed by atoms with van der Waals surface area (Å²) in [5.74, 6) is -0.516. The van der Waals surface area contributed by atoms with Gasteiger partial charge in [-0.1, -0.05) is 11.6 Å². The third-order valence-corrected chi connectivity index (χ3v) is 2.34. The van der Waals surface area contributed by atoms with Gasteiger partial charge >= 0.3 is 6.18 Å². The van der Waals surface area contributed by atoms with Crippen molar-refractivity contribution in [2.75, 3.05) is 6.61 Å². The first-order valence-corrected chi connectivity index (χ1v) is 5.15. The van der Waals surface area contributed by atoms with Gasteiger partial charge in [0.15, 0.2) is 11.9 Å². The number of ketones is 1. The topological polar surface area (TPSA) is 26.3 Å². The highest BCUT2D eigenvalue weighted by Crippen LogP contribution is 2.22. The minimum atomic E-state index is -4.46. The minimum Gasteiger partial charge on any atom is -0.361 e. The van der Waals surface area contributed by atoms with Crippen molar-refractivity contribution >= 4 is 17.4 Å². The fraction of sp³-hybridized carbons (Fsp3) is 0.364. The van der Waals surface area contributed by atoms with Crippen molar-refractivity contribution in [1.29, 1.82) is 0 Å². The van der Waals surface area contributed by atoms with E-state index in [1.807, 2.05) is 0 Å². The highest BCUT2D eigenvalue weighted by molar-refractivity contribution is 6.30. The molecular weight excluding hydrogens is 257 g/mol. The Kier molecular flexibility index (Phi) is 4.54. The van der Waals surface area contributed by atoms with Gasteiger partial charge in [-0.15, -0.1) is 0 Å². The van der Waals surface area contributed by atoms with Crippen LogP contribution in [-0.2, 0) is 4.74 Å². The first-order chi connectivity index (χ1) is 7.80. The summed E-state index contributed by atoms with van der Waals surface area (Å²) in [4.78, 5) is 11.5. The van der Waals surface area contributed by atoms with Crippen LogP contribution in [0.3, 0.4) is 0 Å². The van der Waals surface area contributed by atoms with Crippen LogP contribution in [0.1, 0.15) is 17.3 Å². The summed E-state index contributed by atoms with van der Waals surface area (Å²) >= 11 is 5.61. The fourth-order valence-corrected chi connectivity index (χ4v) is 1.14. The Bertz CT molecular complexity index is 387. The lowest BCUT2D eigenvalue weighted by molar-refractivity contribution is -0.210. The molecule has 0 radical (unpaired) electrons. The van der Waals surface area contributed by atoms with Crippen LogP contribution in [0.4, 0.5) is 13.2 Å². The number of halogens is 4. The van der Waals surface area contributed by atoms with Gasteiger partial charge in [0.05, 0.1) is 0 Å². The van der Waals surface area contributed by atoms with E-state index in [1.54, 1.807) is 0 Å². The Morgan fingerprint density at radius 1 is 1.35 bits per heavy atom. The molecule has 0 aliphatic rings. The molecule has 1 rings (SSSR count). The lowest BCUT2D eigenvalue weighted by Crippen LogP contribution is -2.30. The third-order valence-electron chi connectivity index (χ3n) is 2.09. The number of hydrogen-bond acceptors (Lipinski definition) is 2. The molecule has 0 fully saturated rings. The van der Waals surface area contributed by atoms with Crippen LogP contribution < -0.4 is 0 Å². The van der Waals surface area contributed by atoms with E-state index in [0.29, 0.717) is 5.02 Å². The fourth-order valence-electron chi connectivity index (χ4n) is 1.01. The monoisotopic (exact) mass is 266 g/mol. The van der Waals surface area contributed by atoms with E-state index < -0.39 is 24.7 Å². The smallest absolute Gasteiger partial charge is 0.361 e. The molecule has 0 bridgehead atoms. The van der Waals surface area contributed by atoms with Gasteiger partial charge in [-0.25, -0.2) is 0 Å². The standard InChI is InChI=1S/C11H10ClF3O2/c1-7(11(13,14)15)17-6-10(16)8-2-4-9(12)5-3-8/h2-5,7H,6H2,1H3. The van der Waals surface area contributed by atoms with Crippen LogP contribution in [-0.4, -0.2) is 24.7 Å². The second-order valence-electron chi connectivity index (χ2n) is 3.42. The Morgan fingerprint density at radius 3 is 2.35 bits per heavy atom. The summed E-state index contributed by atoms with van der Waals surface area (Å²) in [6.45, 7) is 0.247. The van der Waals surface area contributed by atoms with Crippen molar-refractivity contribution in [3.63, 3.8) is 0 Å². The number of carbonyl (C=O) groups is 1. The molecule has 2 nitrogen and oxygen atoms in total. The molecule has 6 heteroatoms. The zero-order chi connectivity index (χ0) is 13.1. The summed E-state index contributed by atoms with van der Waals surface area (Å²) < 4.78 is 40.7. The maximum Gasteiger partial charge on any atom is 0.414 e. The predicted octanol–water partition coefficient (Wildman–Crippen LogP) is 3.49. The first kappa shape index (κ1) is 14.0. The number of Topliss-reactive ketones (excluding diaryl/α,β-unsaturated/α-hetero) is 1. The number of benzene rings is 1. The summed E-state index contributed by atoms with van der Waals surface area (Å²) in [5.41, 5.74) is 0.267. The maximum absolute atomic E-state index is 12.1. The van der Waals surface area contributed by atoms with Gasteiger partial charge in [0.2, 0.25) is 0 Å². The van der Waals surface area contributed by atoms with Gasteiger partial charge in [0, 0.05) is 10.6 Å². The summed E-state index contributed by atoms with van der Waals surface area (Å²) in [6, 6.07) is 5.85. The lowest BCUT2D eigenvalue weighted by Gasteiger charge is -2.15. The van der Waals surface area contributed by atoms with E-state index in [1.165, 1.54) is 24.3 Å². The van der Waals surface area contributed by atoms with Crippen molar-refractivity contribution in [3.05, 3.63) is 34.9 Å². The highest BCUT2D eigenvalue weighted by atomic mass is 35.5. The third kappa shape index (κ3) is 4.36. The molecule has 0 spiro atoms. The normalized spacial score (nSPS) is 13.5. The largest absolute Gasteiger partial charge is 0.414 e. The number of hydrogen-bond donors (Lipinski definition) is 0.